The number of amides is 1. The molecule has 2 aromatic rings. The predicted octanol–water partition coefficient (Wildman–Crippen LogP) is 3.40. The van der Waals surface area contributed by atoms with E-state index in [1.54, 1.807) is 6.07 Å². The van der Waals surface area contributed by atoms with E-state index in [9.17, 15) is 19.3 Å². The van der Waals surface area contributed by atoms with Gasteiger partial charge in [-0.25, -0.2) is 4.39 Å². The minimum Gasteiger partial charge on any atom is -0.477 e. The highest BCUT2D eigenvalue weighted by Crippen LogP contribution is 2.25. The second kappa shape index (κ2) is 6.86. The van der Waals surface area contributed by atoms with Gasteiger partial charge >= 0.3 is 5.69 Å². The minimum absolute atomic E-state index is 0.0424. The molecule has 6 nitrogen and oxygen atoms in total. The van der Waals surface area contributed by atoms with Crippen LogP contribution in [-0.2, 0) is 4.79 Å². The third kappa shape index (κ3) is 3.92. The van der Waals surface area contributed by atoms with Crippen molar-refractivity contribution >= 4 is 28.9 Å². The van der Waals surface area contributed by atoms with Crippen LogP contribution in [0.15, 0.2) is 42.5 Å². The van der Waals surface area contributed by atoms with Crippen LogP contribution in [0.4, 0.5) is 15.8 Å². The number of anilines is 1. The van der Waals surface area contributed by atoms with Crippen LogP contribution < -0.4 is 10.1 Å². The molecular formula is C14H10ClFN2O4. The molecule has 22 heavy (non-hydrogen) atoms. The predicted molar refractivity (Wildman–Crippen MR) is 78.6 cm³/mol. The first-order valence-corrected chi connectivity index (χ1v) is 6.46. The molecule has 0 spiro atoms. The lowest BCUT2D eigenvalue weighted by Crippen LogP contribution is -2.21. The number of benzene rings is 2. The molecular weight excluding hydrogens is 315 g/mol. The van der Waals surface area contributed by atoms with Crippen LogP contribution in [-0.4, -0.2) is 17.4 Å². The van der Waals surface area contributed by atoms with Crippen molar-refractivity contribution in [3.63, 3.8) is 0 Å². The highest BCUT2D eigenvalue weighted by molar-refractivity contribution is 6.30. The van der Waals surface area contributed by atoms with Crippen molar-refractivity contribution in [3.05, 3.63) is 63.4 Å². The van der Waals surface area contributed by atoms with Gasteiger partial charge in [0.25, 0.3) is 5.91 Å². The standard InChI is InChI=1S/C14H10ClFN2O4/c15-9-5-6-11(10(16)7-9)17-14(19)8-22-13-4-2-1-3-12(13)18(20)21/h1-7H,8H2,(H,17,19). The average Bonchev–Trinajstić information content (AvgIpc) is 2.48. The van der Waals surface area contributed by atoms with Gasteiger partial charge in [-0.2, -0.15) is 0 Å². The minimum atomic E-state index is -0.688. The number of hydrogen-bond acceptors (Lipinski definition) is 4. The van der Waals surface area contributed by atoms with Crippen LogP contribution >= 0.6 is 11.6 Å². The van der Waals surface area contributed by atoms with Crippen LogP contribution in [0.2, 0.25) is 5.02 Å². The van der Waals surface area contributed by atoms with Gasteiger partial charge in [0.05, 0.1) is 10.6 Å². The first kappa shape index (κ1) is 15.7. The quantitative estimate of drug-likeness (QED) is 0.675. The largest absolute Gasteiger partial charge is 0.477 e. The highest BCUT2D eigenvalue weighted by Gasteiger charge is 2.15. The van der Waals surface area contributed by atoms with Gasteiger partial charge in [-0.3, -0.25) is 14.9 Å². The van der Waals surface area contributed by atoms with Crippen LogP contribution in [0.1, 0.15) is 0 Å². The number of ether oxygens (including phenoxy) is 1. The Morgan fingerprint density at radius 1 is 1.32 bits per heavy atom. The van der Waals surface area contributed by atoms with E-state index in [1.807, 2.05) is 0 Å². The molecule has 8 heteroatoms. The third-order valence-electron chi connectivity index (χ3n) is 2.63. The molecule has 114 valence electrons. The zero-order chi connectivity index (χ0) is 16.1. The molecule has 0 aliphatic carbocycles. The molecule has 2 aromatic carbocycles. The number of para-hydroxylation sites is 2. The average molecular weight is 325 g/mol. The summed E-state index contributed by atoms with van der Waals surface area (Å²) in [4.78, 5) is 21.9. The van der Waals surface area contributed by atoms with Crippen molar-refractivity contribution in [2.24, 2.45) is 0 Å². The van der Waals surface area contributed by atoms with E-state index < -0.39 is 23.3 Å². The number of hydrogen-bond donors (Lipinski definition) is 1. The maximum atomic E-state index is 13.5. The van der Waals surface area contributed by atoms with E-state index in [0.717, 1.165) is 6.07 Å². The molecule has 1 N–H and O–H groups in total. The van der Waals surface area contributed by atoms with Crippen LogP contribution in [0.5, 0.6) is 5.75 Å². The number of nitro groups is 1. The zero-order valence-corrected chi connectivity index (χ0v) is 11.8. The molecule has 0 saturated heterocycles. The summed E-state index contributed by atoms with van der Waals surface area (Å²) in [5.74, 6) is -1.38. The highest BCUT2D eigenvalue weighted by atomic mass is 35.5. The number of halogens is 2. The first-order valence-electron chi connectivity index (χ1n) is 6.08. The summed E-state index contributed by atoms with van der Waals surface area (Å²) in [6.45, 7) is -0.493. The number of rotatable bonds is 5. The Morgan fingerprint density at radius 2 is 2.05 bits per heavy atom. The maximum Gasteiger partial charge on any atom is 0.310 e. The molecule has 0 unspecified atom stereocenters. The van der Waals surface area contributed by atoms with Crippen LogP contribution in [0.3, 0.4) is 0 Å². The van der Waals surface area contributed by atoms with E-state index in [1.165, 1.54) is 30.3 Å². The van der Waals surface area contributed by atoms with Crippen molar-refractivity contribution in [2.75, 3.05) is 11.9 Å². The van der Waals surface area contributed by atoms with Gasteiger partial charge in [-0.05, 0) is 24.3 Å². The Morgan fingerprint density at radius 3 is 2.73 bits per heavy atom. The molecule has 0 saturated carbocycles. The van der Waals surface area contributed by atoms with Gasteiger partial charge in [0.1, 0.15) is 5.82 Å². The van der Waals surface area contributed by atoms with Crippen molar-refractivity contribution in [3.8, 4) is 5.75 Å². The topological polar surface area (TPSA) is 81.5 Å². The second-order valence-electron chi connectivity index (χ2n) is 4.19. The summed E-state index contributed by atoms with van der Waals surface area (Å²) in [6, 6.07) is 9.43. The van der Waals surface area contributed by atoms with Gasteiger partial charge in [0.2, 0.25) is 0 Å². The Labute approximate surface area is 129 Å². The fourth-order valence-electron chi connectivity index (χ4n) is 1.65. The Bertz CT molecular complexity index is 724. The van der Waals surface area contributed by atoms with E-state index in [2.05, 4.69) is 5.32 Å². The molecule has 0 fully saturated rings. The molecule has 0 aliphatic rings. The van der Waals surface area contributed by atoms with E-state index in [4.69, 9.17) is 16.3 Å². The summed E-state index contributed by atoms with van der Waals surface area (Å²) in [6.07, 6.45) is 0. The van der Waals surface area contributed by atoms with Crippen molar-refractivity contribution in [1.29, 1.82) is 0 Å². The number of nitrogens with one attached hydrogen (secondary N) is 1. The Hall–Kier alpha value is -2.67. The third-order valence-corrected chi connectivity index (χ3v) is 2.86. The lowest BCUT2D eigenvalue weighted by Gasteiger charge is -2.08. The number of carbonyl (C=O) groups is 1. The van der Waals surface area contributed by atoms with Crippen LogP contribution in [0, 0.1) is 15.9 Å². The molecule has 0 aliphatic heterocycles. The van der Waals surface area contributed by atoms with Gasteiger partial charge < -0.3 is 10.1 Å². The summed E-state index contributed by atoms with van der Waals surface area (Å²) >= 11 is 5.60. The number of nitrogens with zero attached hydrogens (tertiary/aromatic N) is 1. The van der Waals surface area contributed by atoms with Gasteiger partial charge in [-0.15, -0.1) is 0 Å². The molecule has 0 heterocycles. The normalized spacial score (nSPS) is 10.1. The second-order valence-corrected chi connectivity index (χ2v) is 4.62. The lowest BCUT2D eigenvalue weighted by molar-refractivity contribution is -0.385. The molecule has 1 amide bonds. The van der Waals surface area contributed by atoms with Crippen molar-refractivity contribution in [2.45, 2.75) is 0 Å². The maximum absolute atomic E-state index is 13.5. The summed E-state index contributed by atoms with van der Waals surface area (Å²) in [5.41, 5.74) is -0.312. The molecule has 0 bridgehead atoms. The van der Waals surface area contributed by atoms with E-state index in [-0.39, 0.29) is 22.1 Å². The fraction of sp³-hybridized carbons (Fsp3) is 0.0714. The molecule has 2 rings (SSSR count). The van der Waals surface area contributed by atoms with E-state index >= 15 is 0 Å². The summed E-state index contributed by atoms with van der Waals surface area (Å²) < 4.78 is 18.6. The summed E-state index contributed by atoms with van der Waals surface area (Å²) in [5, 5.41) is 13.3. The SMILES string of the molecule is O=C(COc1ccccc1[N+](=O)[O-])Nc1ccc(Cl)cc1F. The number of carbonyl (C=O) groups excluding carboxylic acids is 1. The van der Waals surface area contributed by atoms with Gasteiger partial charge in [-0.1, -0.05) is 23.7 Å². The van der Waals surface area contributed by atoms with Crippen molar-refractivity contribution in [1.82, 2.24) is 0 Å². The Balaban J connectivity index is 2.00. The number of nitro benzene ring substituents is 1. The molecule has 0 atom stereocenters. The monoisotopic (exact) mass is 324 g/mol. The van der Waals surface area contributed by atoms with Crippen molar-refractivity contribution < 1.29 is 18.8 Å². The zero-order valence-electron chi connectivity index (χ0n) is 11.1. The summed E-state index contributed by atoms with van der Waals surface area (Å²) in [7, 11) is 0. The fourth-order valence-corrected chi connectivity index (χ4v) is 1.81. The first-order chi connectivity index (χ1) is 10.5. The lowest BCUT2D eigenvalue weighted by atomic mass is 10.3. The van der Waals surface area contributed by atoms with Gasteiger partial charge in [0, 0.05) is 11.1 Å². The smallest absolute Gasteiger partial charge is 0.310 e. The molecule has 0 aromatic heterocycles. The van der Waals surface area contributed by atoms with E-state index in [0.29, 0.717) is 0 Å². The van der Waals surface area contributed by atoms with Gasteiger partial charge in [0.15, 0.2) is 12.4 Å². The molecule has 0 radical (unpaired) electrons. The Kier molecular flexibility index (Phi) is 4.90. The van der Waals surface area contributed by atoms with Crippen LogP contribution in [0.25, 0.3) is 0 Å².